The zero-order valence-corrected chi connectivity index (χ0v) is 7.65. The third kappa shape index (κ3) is 1.74. The molecule has 0 radical (unpaired) electrons. The first kappa shape index (κ1) is 9.00. The monoisotopic (exact) mass is 166 g/mol. The normalized spacial score (nSPS) is 12.7. The van der Waals surface area contributed by atoms with E-state index < -0.39 is 6.10 Å². The molecule has 1 atom stereocenters. The third-order valence-electron chi connectivity index (χ3n) is 1.69. The molecule has 0 bridgehead atoms. The van der Waals surface area contributed by atoms with Crippen molar-refractivity contribution in [1.29, 1.82) is 0 Å². The Morgan fingerprint density at radius 3 is 2.58 bits per heavy atom. The molecule has 0 aliphatic carbocycles. The Labute approximate surface area is 72.7 Å². The van der Waals surface area contributed by atoms with Crippen molar-refractivity contribution in [3.8, 4) is 0 Å². The first-order valence-electron chi connectivity index (χ1n) is 3.93. The van der Waals surface area contributed by atoms with E-state index in [0.29, 0.717) is 0 Å². The van der Waals surface area contributed by atoms with Crippen molar-refractivity contribution < 1.29 is 5.11 Å². The van der Waals surface area contributed by atoms with Gasteiger partial charge in [-0.2, -0.15) is 0 Å². The molecule has 1 heterocycles. The number of aliphatic hydroxyl groups is 1. The fraction of sp³-hybridized carbons (Fsp3) is 0.444. The van der Waals surface area contributed by atoms with Crippen LogP contribution in [0.1, 0.15) is 18.6 Å². The van der Waals surface area contributed by atoms with E-state index in [4.69, 9.17) is 0 Å². The van der Waals surface area contributed by atoms with Crippen molar-refractivity contribution in [3.05, 3.63) is 23.9 Å². The zero-order chi connectivity index (χ0) is 9.14. The van der Waals surface area contributed by atoms with Gasteiger partial charge in [0.25, 0.3) is 0 Å². The van der Waals surface area contributed by atoms with Crippen LogP contribution in [0.25, 0.3) is 0 Å². The molecule has 1 aromatic rings. The van der Waals surface area contributed by atoms with Gasteiger partial charge in [-0.1, -0.05) is 6.07 Å². The molecule has 3 nitrogen and oxygen atoms in total. The summed E-state index contributed by atoms with van der Waals surface area (Å²) in [6.45, 7) is 1.74. The Hall–Kier alpha value is -1.09. The molecule has 0 amide bonds. The van der Waals surface area contributed by atoms with Crippen molar-refractivity contribution in [1.82, 2.24) is 4.98 Å². The number of hydrogen-bond donors (Lipinski definition) is 1. The second-order valence-corrected chi connectivity index (χ2v) is 2.99. The van der Waals surface area contributed by atoms with Gasteiger partial charge in [-0.3, -0.25) is 0 Å². The summed E-state index contributed by atoms with van der Waals surface area (Å²) in [7, 11) is 3.82. The van der Waals surface area contributed by atoms with Gasteiger partial charge in [0, 0.05) is 25.9 Å². The van der Waals surface area contributed by atoms with Crippen molar-refractivity contribution in [2.24, 2.45) is 0 Å². The molecule has 1 rings (SSSR count). The zero-order valence-electron chi connectivity index (χ0n) is 7.65. The molecule has 1 unspecified atom stereocenters. The first-order chi connectivity index (χ1) is 5.63. The van der Waals surface area contributed by atoms with Crippen LogP contribution in [0.3, 0.4) is 0 Å². The number of nitrogens with zero attached hydrogens (tertiary/aromatic N) is 2. The average molecular weight is 166 g/mol. The summed E-state index contributed by atoms with van der Waals surface area (Å²) in [5, 5.41) is 9.39. The van der Waals surface area contributed by atoms with E-state index in [2.05, 4.69) is 4.98 Å². The van der Waals surface area contributed by atoms with E-state index in [0.717, 1.165) is 11.4 Å². The van der Waals surface area contributed by atoms with E-state index in [1.54, 1.807) is 13.1 Å². The number of anilines is 1. The number of hydrogen-bond acceptors (Lipinski definition) is 3. The van der Waals surface area contributed by atoms with Crippen LogP contribution in [0.4, 0.5) is 5.82 Å². The Morgan fingerprint density at radius 2 is 2.17 bits per heavy atom. The molecule has 66 valence electrons. The summed E-state index contributed by atoms with van der Waals surface area (Å²) < 4.78 is 0. The molecule has 1 aromatic heterocycles. The van der Waals surface area contributed by atoms with E-state index in [1.807, 2.05) is 31.1 Å². The summed E-state index contributed by atoms with van der Waals surface area (Å²) in [5.41, 5.74) is 0.863. The minimum atomic E-state index is -0.462. The third-order valence-corrected chi connectivity index (χ3v) is 1.69. The van der Waals surface area contributed by atoms with Gasteiger partial charge in [0.15, 0.2) is 0 Å². The van der Waals surface area contributed by atoms with Gasteiger partial charge in [-0.15, -0.1) is 0 Å². The maximum atomic E-state index is 9.39. The molecule has 0 aliphatic rings. The van der Waals surface area contributed by atoms with Gasteiger partial charge in [-0.05, 0) is 13.0 Å². The van der Waals surface area contributed by atoms with Crippen molar-refractivity contribution >= 4 is 5.82 Å². The Bertz CT molecular complexity index is 231. The van der Waals surface area contributed by atoms with Gasteiger partial charge in [0.2, 0.25) is 0 Å². The van der Waals surface area contributed by atoms with Gasteiger partial charge in [0.1, 0.15) is 5.82 Å². The molecule has 0 aromatic carbocycles. The van der Waals surface area contributed by atoms with Crippen molar-refractivity contribution in [2.45, 2.75) is 13.0 Å². The van der Waals surface area contributed by atoms with Crippen LogP contribution in [0.2, 0.25) is 0 Å². The van der Waals surface area contributed by atoms with Gasteiger partial charge < -0.3 is 10.0 Å². The molecule has 3 heteroatoms. The summed E-state index contributed by atoms with van der Waals surface area (Å²) in [6, 6.07) is 3.71. The fourth-order valence-electron chi connectivity index (χ4n) is 1.11. The lowest BCUT2D eigenvalue weighted by Gasteiger charge is -2.16. The molecule has 0 aliphatic heterocycles. The van der Waals surface area contributed by atoms with Gasteiger partial charge in [-0.25, -0.2) is 4.98 Å². The number of rotatable bonds is 2. The van der Waals surface area contributed by atoms with Crippen LogP contribution in [0, 0.1) is 0 Å². The highest BCUT2D eigenvalue weighted by atomic mass is 16.3. The van der Waals surface area contributed by atoms with Crippen LogP contribution < -0.4 is 4.90 Å². The Kier molecular flexibility index (Phi) is 2.65. The Morgan fingerprint density at radius 1 is 1.50 bits per heavy atom. The quantitative estimate of drug-likeness (QED) is 0.717. The van der Waals surface area contributed by atoms with Crippen LogP contribution >= 0.6 is 0 Å². The summed E-state index contributed by atoms with van der Waals surface area (Å²) in [5.74, 6) is 0.826. The summed E-state index contributed by atoms with van der Waals surface area (Å²) in [4.78, 5) is 6.06. The van der Waals surface area contributed by atoms with Gasteiger partial charge >= 0.3 is 0 Å². The summed E-state index contributed by atoms with van der Waals surface area (Å²) >= 11 is 0. The maximum absolute atomic E-state index is 9.39. The SMILES string of the molecule is CC(O)c1cccnc1N(C)C. The van der Waals surface area contributed by atoms with Crippen LogP contribution in [0.5, 0.6) is 0 Å². The first-order valence-corrected chi connectivity index (χ1v) is 3.93. The maximum Gasteiger partial charge on any atom is 0.133 e. The van der Waals surface area contributed by atoms with Crippen LogP contribution in [0.15, 0.2) is 18.3 Å². The van der Waals surface area contributed by atoms with E-state index in [-0.39, 0.29) is 0 Å². The molecule has 12 heavy (non-hydrogen) atoms. The molecule has 0 fully saturated rings. The molecule has 1 N–H and O–H groups in total. The predicted molar refractivity (Wildman–Crippen MR) is 49.2 cm³/mol. The predicted octanol–water partition coefficient (Wildman–Crippen LogP) is 1.20. The minimum absolute atomic E-state index is 0.462. The standard InChI is InChI=1S/C9H14N2O/c1-7(12)8-5-4-6-10-9(8)11(2)3/h4-7,12H,1-3H3. The largest absolute Gasteiger partial charge is 0.389 e. The van der Waals surface area contributed by atoms with Crippen molar-refractivity contribution in [3.63, 3.8) is 0 Å². The highest BCUT2D eigenvalue weighted by molar-refractivity contribution is 5.46. The molecule has 0 spiro atoms. The van der Waals surface area contributed by atoms with Gasteiger partial charge in [0.05, 0.1) is 6.10 Å². The Balaban J connectivity index is 3.09. The van der Waals surface area contributed by atoms with Crippen LogP contribution in [-0.2, 0) is 0 Å². The van der Waals surface area contributed by atoms with E-state index in [9.17, 15) is 5.11 Å². The number of pyridine rings is 1. The fourth-order valence-corrected chi connectivity index (χ4v) is 1.11. The van der Waals surface area contributed by atoms with E-state index in [1.165, 1.54) is 0 Å². The highest BCUT2D eigenvalue weighted by Gasteiger charge is 2.08. The lowest BCUT2D eigenvalue weighted by atomic mass is 10.1. The number of aliphatic hydroxyl groups excluding tert-OH is 1. The molecule has 0 saturated carbocycles. The smallest absolute Gasteiger partial charge is 0.133 e. The van der Waals surface area contributed by atoms with Crippen LogP contribution in [-0.4, -0.2) is 24.2 Å². The molecule has 0 saturated heterocycles. The average Bonchev–Trinajstić information content (AvgIpc) is 2.04. The summed E-state index contributed by atoms with van der Waals surface area (Å²) in [6.07, 6.45) is 1.26. The second kappa shape index (κ2) is 3.54. The second-order valence-electron chi connectivity index (χ2n) is 2.99. The minimum Gasteiger partial charge on any atom is -0.389 e. The lowest BCUT2D eigenvalue weighted by Crippen LogP contribution is -2.14. The van der Waals surface area contributed by atoms with E-state index >= 15 is 0 Å². The molecular formula is C9H14N2O. The highest BCUT2D eigenvalue weighted by Crippen LogP contribution is 2.21. The topological polar surface area (TPSA) is 36.4 Å². The molecular weight excluding hydrogens is 152 g/mol. The number of aromatic nitrogens is 1. The lowest BCUT2D eigenvalue weighted by molar-refractivity contribution is 0.199. The van der Waals surface area contributed by atoms with Crippen molar-refractivity contribution in [2.75, 3.05) is 19.0 Å².